The average molecular weight is 300 g/mol. The molecule has 1 rings (SSSR count). The van der Waals surface area contributed by atoms with Gasteiger partial charge in [-0.1, -0.05) is 27.2 Å². The Morgan fingerprint density at radius 3 is 2.81 bits per heavy atom. The largest absolute Gasteiger partial charge is 0.396 e. The first-order chi connectivity index (χ1) is 10.2. The molecule has 1 aliphatic rings. The summed E-state index contributed by atoms with van der Waals surface area (Å²) in [5.41, 5.74) is 0. The molecule has 126 valence electrons. The molecule has 4 unspecified atom stereocenters. The number of aliphatic hydroxyl groups is 1. The summed E-state index contributed by atoms with van der Waals surface area (Å²) in [6.07, 6.45) is 8.28. The van der Waals surface area contributed by atoms with E-state index in [-0.39, 0.29) is 12.7 Å². The normalized spacial score (nSPS) is 26.3. The monoisotopic (exact) mass is 300 g/mol. The SMILES string of the molecule is CCCC(CCO)OCC(C)CCC1CCCOCC1C. The van der Waals surface area contributed by atoms with Crippen LogP contribution in [-0.4, -0.2) is 37.6 Å². The van der Waals surface area contributed by atoms with Crippen LogP contribution in [0.5, 0.6) is 0 Å². The Morgan fingerprint density at radius 1 is 1.29 bits per heavy atom. The highest BCUT2D eigenvalue weighted by atomic mass is 16.5. The van der Waals surface area contributed by atoms with Gasteiger partial charge in [-0.05, 0) is 56.3 Å². The van der Waals surface area contributed by atoms with E-state index in [4.69, 9.17) is 14.6 Å². The molecule has 0 spiro atoms. The van der Waals surface area contributed by atoms with E-state index in [2.05, 4.69) is 20.8 Å². The fourth-order valence-corrected chi connectivity index (χ4v) is 3.23. The van der Waals surface area contributed by atoms with Gasteiger partial charge in [-0.3, -0.25) is 0 Å². The van der Waals surface area contributed by atoms with Gasteiger partial charge in [0.25, 0.3) is 0 Å². The Labute approximate surface area is 131 Å². The van der Waals surface area contributed by atoms with E-state index in [1.807, 2.05) is 0 Å². The van der Waals surface area contributed by atoms with E-state index in [1.54, 1.807) is 0 Å². The number of ether oxygens (including phenoxy) is 2. The van der Waals surface area contributed by atoms with Gasteiger partial charge >= 0.3 is 0 Å². The summed E-state index contributed by atoms with van der Waals surface area (Å²) in [5, 5.41) is 9.07. The van der Waals surface area contributed by atoms with Crippen molar-refractivity contribution in [2.45, 2.75) is 71.8 Å². The molecule has 1 fully saturated rings. The average Bonchev–Trinajstić information content (AvgIpc) is 2.67. The maximum absolute atomic E-state index is 9.07. The van der Waals surface area contributed by atoms with Crippen LogP contribution in [-0.2, 0) is 9.47 Å². The van der Waals surface area contributed by atoms with Gasteiger partial charge in [0.2, 0.25) is 0 Å². The van der Waals surface area contributed by atoms with E-state index in [9.17, 15) is 0 Å². The summed E-state index contributed by atoms with van der Waals surface area (Å²) in [4.78, 5) is 0. The van der Waals surface area contributed by atoms with E-state index < -0.39 is 0 Å². The van der Waals surface area contributed by atoms with Gasteiger partial charge in [-0.15, -0.1) is 0 Å². The molecular weight excluding hydrogens is 264 g/mol. The van der Waals surface area contributed by atoms with Crippen LogP contribution >= 0.6 is 0 Å². The summed E-state index contributed by atoms with van der Waals surface area (Å²) in [5.74, 6) is 2.13. The van der Waals surface area contributed by atoms with Gasteiger partial charge in [0.05, 0.1) is 6.10 Å². The first-order valence-electron chi connectivity index (χ1n) is 8.97. The lowest BCUT2D eigenvalue weighted by atomic mass is 9.85. The summed E-state index contributed by atoms with van der Waals surface area (Å²) in [7, 11) is 0. The summed E-state index contributed by atoms with van der Waals surface area (Å²) in [6, 6.07) is 0. The molecule has 0 aromatic rings. The van der Waals surface area contributed by atoms with Crippen LogP contribution in [0.1, 0.15) is 65.7 Å². The van der Waals surface area contributed by atoms with E-state index >= 15 is 0 Å². The minimum Gasteiger partial charge on any atom is -0.396 e. The molecular formula is C18H36O3. The zero-order valence-electron chi connectivity index (χ0n) is 14.4. The van der Waals surface area contributed by atoms with Crippen molar-refractivity contribution < 1.29 is 14.6 Å². The topological polar surface area (TPSA) is 38.7 Å². The molecule has 21 heavy (non-hydrogen) atoms. The first kappa shape index (κ1) is 18.9. The van der Waals surface area contributed by atoms with Crippen molar-refractivity contribution in [1.82, 2.24) is 0 Å². The molecule has 0 aliphatic carbocycles. The second-order valence-corrected chi connectivity index (χ2v) is 6.89. The third-order valence-electron chi connectivity index (χ3n) is 4.76. The highest BCUT2D eigenvalue weighted by Gasteiger charge is 2.21. The van der Waals surface area contributed by atoms with E-state index in [0.717, 1.165) is 45.0 Å². The predicted octanol–water partition coefficient (Wildman–Crippen LogP) is 4.03. The molecule has 1 N–H and O–H groups in total. The maximum Gasteiger partial charge on any atom is 0.0597 e. The summed E-state index contributed by atoms with van der Waals surface area (Å²) >= 11 is 0. The second kappa shape index (κ2) is 11.4. The summed E-state index contributed by atoms with van der Waals surface area (Å²) in [6.45, 7) is 9.74. The van der Waals surface area contributed by atoms with Gasteiger partial charge in [0, 0.05) is 26.4 Å². The van der Waals surface area contributed by atoms with Gasteiger partial charge in [-0.25, -0.2) is 0 Å². The molecule has 1 aliphatic heterocycles. The lowest BCUT2D eigenvalue weighted by Gasteiger charge is -2.23. The quantitative estimate of drug-likeness (QED) is 0.662. The molecule has 4 atom stereocenters. The lowest BCUT2D eigenvalue weighted by molar-refractivity contribution is 0.00970. The van der Waals surface area contributed by atoms with E-state index in [1.165, 1.54) is 25.7 Å². The second-order valence-electron chi connectivity index (χ2n) is 6.89. The standard InChI is InChI=1S/C18H36O3/c1-4-6-18(10-11-19)21-13-15(2)8-9-17-7-5-12-20-14-16(17)3/h15-19H,4-14H2,1-3H3. The van der Waals surface area contributed by atoms with Crippen LogP contribution in [0.4, 0.5) is 0 Å². The molecule has 1 heterocycles. The maximum atomic E-state index is 9.07. The highest BCUT2D eigenvalue weighted by Crippen LogP contribution is 2.27. The van der Waals surface area contributed by atoms with Gasteiger partial charge in [0.1, 0.15) is 0 Å². The van der Waals surface area contributed by atoms with Gasteiger partial charge < -0.3 is 14.6 Å². The minimum absolute atomic E-state index is 0.235. The molecule has 1 saturated heterocycles. The van der Waals surface area contributed by atoms with Crippen LogP contribution in [0.15, 0.2) is 0 Å². The van der Waals surface area contributed by atoms with Crippen molar-refractivity contribution in [3.8, 4) is 0 Å². The molecule has 0 radical (unpaired) electrons. The molecule has 3 nitrogen and oxygen atoms in total. The Morgan fingerprint density at radius 2 is 2.10 bits per heavy atom. The number of hydrogen-bond donors (Lipinski definition) is 1. The Hall–Kier alpha value is -0.120. The molecule has 0 saturated carbocycles. The Bertz CT molecular complexity index is 239. The zero-order valence-corrected chi connectivity index (χ0v) is 14.4. The number of hydrogen-bond acceptors (Lipinski definition) is 3. The predicted molar refractivity (Wildman–Crippen MR) is 87.5 cm³/mol. The molecule has 0 bridgehead atoms. The molecule has 0 aromatic carbocycles. The van der Waals surface area contributed by atoms with E-state index in [0.29, 0.717) is 11.8 Å². The third kappa shape index (κ3) is 8.18. The van der Waals surface area contributed by atoms with Crippen molar-refractivity contribution >= 4 is 0 Å². The number of rotatable bonds is 10. The van der Waals surface area contributed by atoms with Crippen LogP contribution in [0, 0.1) is 17.8 Å². The van der Waals surface area contributed by atoms with Crippen LogP contribution in [0.25, 0.3) is 0 Å². The van der Waals surface area contributed by atoms with Crippen LogP contribution < -0.4 is 0 Å². The highest BCUT2D eigenvalue weighted by molar-refractivity contribution is 4.71. The first-order valence-corrected chi connectivity index (χ1v) is 8.97. The summed E-state index contributed by atoms with van der Waals surface area (Å²) < 4.78 is 11.6. The Kier molecular flexibility index (Phi) is 10.3. The van der Waals surface area contributed by atoms with Crippen molar-refractivity contribution in [1.29, 1.82) is 0 Å². The molecule has 0 aromatic heterocycles. The number of aliphatic hydroxyl groups excluding tert-OH is 1. The van der Waals surface area contributed by atoms with Crippen molar-refractivity contribution in [2.75, 3.05) is 26.4 Å². The molecule has 3 heteroatoms. The fraction of sp³-hybridized carbons (Fsp3) is 1.00. The molecule has 0 amide bonds. The van der Waals surface area contributed by atoms with Crippen molar-refractivity contribution in [2.24, 2.45) is 17.8 Å². The van der Waals surface area contributed by atoms with Gasteiger partial charge in [-0.2, -0.15) is 0 Å². The third-order valence-corrected chi connectivity index (χ3v) is 4.76. The minimum atomic E-state index is 0.235. The fourth-order valence-electron chi connectivity index (χ4n) is 3.23. The van der Waals surface area contributed by atoms with Crippen molar-refractivity contribution in [3.05, 3.63) is 0 Å². The zero-order chi connectivity index (χ0) is 15.5. The smallest absolute Gasteiger partial charge is 0.0597 e. The van der Waals surface area contributed by atoms with Crippen LogP contribution in [0.2, 0.25) is 0 Å². The van der Waals surface area contributed by atoms with Crippen molar-refractivity contribution in [3.63, 3.8) is 0 Å². The van der Waals surface area contributed by atoms with Crippen LogP contribution in [0.3, 0.4) is 0 Å². The Balaban J connectivity index is 2.21. The lowest BCUT2D eigenvalue weighted by Crippen LogP contribution is -2.20. The van der Waals surface area contributed by atoms with Gasteiger partial charge in [0.15, 0.2) is 0 Å².